The normalized spacial score (nSPS) is 19.5. The number of hydrogen-bond donors (Lipinski definition) is 1. The summed E-state index contributed by atoms with van der Waals surface area (Å²) in [5.74, 6) is 0.442. The molecule has 1 unspecified atom stereocenters. The van der Waals surface area contributed by atoms with Gasteiger partial charge in [-0.05, 0) is 44.6 Å². The molecule has 1 aliphatic carbocycles. The molecule has 1 aliphatic heterocycles. The first-order valence-electron chi connectivity index (χ1n) is 11.8. The van der Waals surface area contributed by atoms with Crippen LogP contribution in [0.3, 0.4) is 0 Å². The van der Waals surface area contributed by atoms with Gasteiger partial charge in [-0.3, -0.25) is 14.7 Å². The molecule has 1 saturated carbocycles. The van der Waals surface area contributed by atoms with Crippen molar-refractivity contribution in [1.29, 1.82) is 0 Å². The van der Waals surface area contributed by atoms with Gasteiger partial charge in [-0.1, -0.05) is 49.6 Å². The lowest BCUT2D eigenvalue weighted by atomic mass is 9.88. The molecule has 2 aromatic rings. The number of hydrogen-bond acceptors (Lipinski definition) is 3. The smallest absolute Gasteiger partial charge is 0.245 e. The van der Waals surface area contributed by atoms with E-state index < -0.39 is 0 Å². The molecular formula is C25H34N4O2. The maximum absolute atomic E-state index is 13.1. The number of rotatable bonds is 7. The zero-order valence-corrected chi connectivity index (χ0v) is 18.6. The van der Waals surface area contributed by atoms with Gasteiger partial charge in [-0.15, -0.1) is 0 Å². The molecule has 0 spiro atoms. The lowest BCUT2D eigenvalue weighted by molar-refractivity contribution is -0.146. The molecule has 6 nitrogen and oxygen atoms in total. The van der Waals surface area contributed by atoms with Crippen molar-refractivity contribution in [3.63, 3.8) is 0 Å². The van der Waals surface area contributed by atoms with Crippen molar-refractivity contribution in [2.24, 2.45) is 5.92 Å². The summed E-state index contributed by atoms with van der Waals surface area (Å²) < 4.78 is 0. The largest absolute Gasteiger partial charge is 0.344 e. The molecule has 4 rings (SSSR count). The minimum absolute atomic E-state index is 0.0937. The van der Waals surface area contributed by atoms with Crippen molar-refractivity contribution >= 4 is 11.8 Å². The number of aromatic amines is 1. The predicted molar refractivity (Wildman–Crippen MR) is 121 cm³/mol. The Kier molecular flexibility index (Phi) is 7.05. The van der Waals surface area contributed by atoms with Crippen molar-refractivity contribution in [2.75, 3.05) is 20.1 Å². The fraction of sp³-hybridized carbons (Fsp3) is 0.560. The molecule has 2 heterocycles. The van der Waals surface area contributed by atoms with E-state index in [1.165, 1.54) is 6.42 Å². The van der Waals surface area contributed by atoms with E-state index in [4.69, 9.17) is 0 Å². The van der Waals surface area contributed by atoms with E-state index in [0.717, 1.165) is 74.9 Å². The number of carbonyl (C=O) groups excluding carboxylic acids is 2. The Balaban J connectivity index is 1.27. The third-order valence-corrected chi connectivity index (χ3v) is 6.79. The fourth-order valence-electron chi connectivity index (χ4n) is 4.99. The van der Waals surface area contributed by atoms with E-state index in [2.05, 4.69) is 16.3 Å². The van der Waals surface area contributed by atoms with Crippen LogP contribution in [-0.2, 0) is 16.0 Å². The Labute approximate surface area is 185 Å². The highest BCUT2D eigenvalue weighted by atomic mass is 16.2. The number of likely N-dealkylation sites (N-methyl/N-ethyl adjacent to an activating group) is 1. The van der Waals surface area contributed by atoms with Gasteiger partial charge in [0.1, 0.15) is 6.04 Å². The summed E-state index contributed by atoms with van der Waals surface area (Å²) in [5, 5.41) is 7.52. The van der Waals surface area contributed by atoms with Crippen molar-refractivity contribution < 1.29 is 9.59 Å². The van der Waals surface area contributed by atoms with Gasteiger partial charge < -0.3 is 9.80 Å². The highest BCUT2D eigenvalue weighted by molar-refractivity contribution is 5.89. The maximum Gasteiger partial charge on any atom is 0.245 e. The molecule has 2 fully saturated rings. The number of H-pyrrole nitrogens is 1. The number of benzene rings is 1. The molecule has 1 N–H and O–H groups in total. The molecule has 1 aromatic heterocycles. The fourth-order valence-corrected chi connectivity index (χ4v) is 4.99. The second kappa shape index (κ2) is 10.1. The van der Waals surface area contributed by atoms with Gasteiger partial charge in [0.15, 0.2) is 0 Å². The average molecular weight is 423 g/mol. The molecule has 1 aromatic carbocycles. The van der Waals surface area contributed by atoms with Gasteiger partial charge in [0.05, 0.1) is 5.69 Å². The minimum Gasteiger partial charge on any atom is -0.344 e. The quantitative estimate of drug-likeness (QED) is 0.732. The predicted octanol–water partition coefficient (Wildman–Crippen LogP) is 4.04. The first-order valence-corrected chi connectivity index (χ1v) is 11.8. The lowest BCUT2D eigenvalue weighted by Crippen LogP contribution is -2.48. The molecular weight excluding hydrogens is 388 g/mol. The molecule has 1 saturated heterocycles. The summed E-state index contributed by atoms with van der Waals surface area (Å²) in [6.45, 7) is 1.41. The number of likely N-dealkylation sites (tertiary alicyclic amines) is 1. The molecule has 31 heavy (non-hydrogen) atoms. The highest BCUT2D eigenvalue weighted by Gasteiger charge is 2.38. The second-order valence-electron chi connectivity index (χ2n) is 9.03. The molecule has 166 valence electrons. The summed E-state index contributed by atoms with van der Waals surface area (Å²) in [5.41, 5.74) is 3.12. The number of carbonyl (C=O) groups is 2. The first kappa shape index (κ1) is 21.6. The molecule has 2 aliphatic rings. The summed E-state index contributed by atoms with van der Waals surface area (Å²) >= 11 is 0. The molecule has 6 heteroatoms. The van der Waals surface area contributed by atoms with Crippen LogP contribution in [-0.4, -0.2) is 58.0 Å². The Morgan fingerprint density at radius 1 is 1.10 bits per heavy atom. The van der Waals surface area contributed by atoms with E-state index in [-0.39, 0.29) is 23.8 Å². The number of nitrogens with zero attached hydrogens (tertiary/aromatic N) is 3. The molecule has 0 bridgehead atoms. The summed E-state index contributed by atoms with van der Waals surface area (Å²) in [7, 11) is 1.87. The highest BCUT2D eigenvalue weighted by Crippen LogP contribution is 2.29. The molecule has 2 amide bonds. The number of aromatic nitrogens is 2. The van der Waals surface area contributed by atoms with E-state index in [1.54, 1.807) is 0 Å². The van der Waals surface area contributed by atoms with Crippen LogP contribution in [0.15, 0.2) is 36.4 Å². The van der Waals surface area contributed by atoms with Gasteiger partial charge in [0.2, 0.25) is 11.8 Å². The van der Waals surface area contributed by atoms with Gasteiger partial charge in [-0.25, -0.2) is 0 Å². The summed E-state index contributed by atoms with van der Waals surface area (Å²) in [6, 6.07) is 11.9. The van der Waals surface area contributed by atoms with E-state index in [0.29, 0.717) is 6.54 Å². The van der Waals surface area contributed by atoms with Gasteiger partial charge in [0.25, 0.3) is 0 Å². The third kappa shape index (κ3) is 5.17. The van der Waals surface area contributed by atoms with E-state index >= 15 is 0 Å². The number of nitrogens with one attached hydrogen (secondary N) is 1. The van der Waals surface area contributed by atoms with Crippen molar-refractivity contribution in [1.82, 2.24) is 20.0 Å². The van der Waals surface area contributed by atoms with Crippen LogP contribution in [0, 0.1) is 5.92 Å². The van der Waals surface area contributed by atoms with Crippen molar-refractivity contribution in [3.05, 3.63) is 42.1 Å². The third-order valence-electron chi connectivity index (χ3n) is 6.79. The van der Waals surface area contributed by atoms with Crippen LogP contribution in [0.5, 0.6) is 0 Å². The average Bonchev–Trinajstić information content (AvgIpc) is 3.49. The Bertz CT molecular complexity index is 873. The van der Waals surface area contributed by atoms with Crippen LogP contribution in [0.1, 0.15) is 57.1 Å². The van der Waals surface area contributed by atoms with E-state index in [1.807, 2.05) is 47.2 Å². The second-order valence-corrected chi connectivity index (χ2v) is 9.03. The lowest BCUT2D eigenvalue weighted by Gasteiger charge is -2.32. The first-order chi connectivity index (χ1) is 15.1. The standard InChI is InChI=1S/C25H34N4O2/c1-28(16-8-14-21-18-22(27-26-21)19-10-4-2-5-11-19)25(31)23-15-9-17-29(23)24(30)20-12-6-3-7-13-20/h2,4-5,10-11,18,20,23H,3,6-9,12-17H2,1H3,(H,26,27). The summed E-state index contributed by atoms with van der Waals surface area (Å²) in [4.78, 5) is 29.8. The van der Waals surface area contributed by atoms with Crippen molar-refractivity contribution in [2.45, 2.75) is 63.8 Å². The Morgan fingerprint density at radius 2 is 1.87 bits per heavy atom. The van der Waals surface area contributed by atoms with Gasteiger partial charge in [0, 0.05) is 37.3 Å². The zero-order chi connectivity index (χ0) is 21.6. The van der Waals surface area contributed by atoms with Crippen LogP contribution in [0.25, 0.3) is 11.3 Å². The van der Waals surface area contributed by atoms with E-state index in [9.17, 15) is 9.59 Å². The minimum atomic E-state index is -0.267. The van der Waals surface area contributed by atoms with Crippen LogP contribution in [0.2, 0.25) is 0 Å². The van der Waals surface area contributed by atoms with Gasteiger partial charge >= 0.3 is 0 Å². The zero-order valence-electron chi connectivity index (χ0n) is 18.6. The molecule has 1 atom stereocenters. The Hall–Kier alpha value is -2.63. The number of aryl methyl sites for hydroxylation is 1. The number of amides is 2. The van der Waals surface area contributed by atoms with Crippen LogP contribution < -0.4 is 0 Å². The maximum atomic E-state index is 13.1. The van der Waals surface area contributed by atoms with Crippen LogP contribution >= 0.6 is 0 Å². The van der Waals surface area contributed by atoms with Crippen LogP contribution in [0.4, 0.5) is 0 Å². The Morgan fingerprint density at radius 3 is 2.65 bits per heavy atom. The monoisotopic (exact) mass is 422 g/mol. The van der Waals surface area contributed by atoms with Gasteiger partial charge in [-0.2, -0.15) is 5.10 Å². The SMILES string of the molecule is CN(CCCc1cc(-c2ccccc2)n[nH]1)C(=O)C1CCCN1C(=O)C1CCCCC1. The molecule has 0 radical (unpaired) electrons. The topological polar surface area (TPSA) is 69.3 Å². The van der Waals surface area contributed by atoms with Crippen molar-refractivity contribution in [3.8, 4) is 11.3 Å². The summed E-state index contributed by atoms with van der Waals surface area (Å²) in [6.07, 6.45) is 8.92.